The van der Waals surface area contributed by atoms with Crippen molar-refractivity contribution in [1.82, 2.24) is 0 Å². The normalized spacial score (nSPS) is 12.0. The average molecular weight is 697 g/mol. The molecule has 0 fully saturated rings. The van der Waals surface area contributed by atoms with E-state index in [-0.39, 0.29) is 0 Å². The fourth-order valence-electron chi connectivity index (χ4n) is 9.37. The highest BCUT2D eigenvalue weighted by Gasteiger charge is 2.21. The summed E-state index contributed by atoms with van der Waals surface area (Å²) in [4.78, 5) is 0. The molecule has 12 rings (SSSR count). The molecular weight excluding hydrogens is 665 g/mol. The summed E-state index contributed by atoms with van der Waals surface area (Å²) in [6.07, 6.45) is 0. The third-order valence-electron chi connectivity index (χ3n) is 11.8. The molecule has 1 nitrogen and oxygen atoms in total. The van der Waals surface area contributed by atoms with Crippen LogP contribution in [-0.4, -0.2) is 0 Å². The highest BCUT2D eigenvalue weighted by molar-refractivity contribution is 6.27. The maximum absolute atomic E-state index is 6.70. The Morgan fingerprint density at radius 1 is 0.255 bits per heavy atom. The van der Waals surface area contributed by atoms with Crippen LogP contribution in [0.5, 0.6) is 0 Å². The smallest absolute Gasteiger partial charge is 0.136 e. The molecule has 0 spiro atoms. The van der Waals surface area contributed by atoms with Crippen LogP contribution in [0.4, 0.5) is 0 Å². The van der Waals surface area contributed by atoms with Gasteiger partial charge >= 0.3 is 0 Å². The van der Waals surface area contributed by atoms with Gasteiger partial charge in [0, 0.05) is 10.8 Å². The number of hydrogen-bond acceptors (Lipinski definition) is 1. The van der Waals surface area contributed by atoms with Crippen molar-refractivity contribution in [2.75, 3.05) is 0 Å². The average Bonchev–Trinajstić information content (AvgIpc) is 3.61. The predicted octanol–water partition coefficient (Wildman–Crippen LogP) is 15.5. The van der Waals surface area contributed by atoms with Gasteiger partial charge in [-0.2, -0.15) is 0 Å². The van der Waals surface area contributed by atoms with Crippen LogP contribution in [0.1, 0.15) is 0 Å². The SMILES string of the molecule is c1ccc2cc(-c3c4ccccc4c(-c4ccc(-c5cc6oc7cc8ccccc8cc7c6c6ccccc56)c5ccccc45)c4ccccc34)ccc2c1. The van der Waals surface area contributed by atoms with Crippen LogP contribution in [0.15, 0.2) is 199 Å². The first-order valence-electron chi connectivity index (χ1n) is 19.0. The van der Waals surface area contributed by atoms with E-state index < -0.39 is 0 Å². The van der Waals surface area contributed by atoms with E-state index in [2.05, 4.69) is 194 Å². The minimum absolute atomic E-state index is 0.911. The second-order valence-electron chi connectivity index (χ2n) is 14.7. The molecule has 0 amide bonds. The van der Waals surface area contributed by atoms with E-state index in [1.54, 1.807) is 0 Å². The van der Waals surface area contributed by atoms with Crippen LogP contribution in [0.25, 0.3) is 120 Å². The van der Waals surface area contributed by atoms with Crippen molar-refractivity contribution < 1.29 is 4.42 Å². The third kappa shape index (κ3) is 4.48. The van der Waals surface area contributed by atoms with Crippen LogP contribution in [0.3, 0.4) is 0 Å². The lowest BCUT2D eigenvalue weighted by molar-refractivity contribution is 0.670. The topological polar surface area (TPSA) is 13.1 Å². The molecule has 0 N–H and O–H groups in total. The molecule has 0 atom stereocenters. The molecular formula is C54H32O. The van der Waals surface area contributed by atoms with Gasteiger partial charge in [-0.3, -0.25) is 0 Å². The van der Waals surface area contributed by atoms with Gasteiger partial charge in [0.2, 0.25) is 0 Å². The first-order chi connectivity index (χ1) is 27.3. The fourth-order valence-corrected chi connectivity index (χ4v) is 9.37. The fraction of sp³-hybridized carbons (Fsp3) is 0. The molecule has 1 heteroatoms. The van der Waals surface area contributed by atoms with Crippen molar-refractivity contribution in [3.05, 3.63) is 194 Å². The Kier molecular flexibility index (Phi) is 6.40. The van der Waals surface area contributed by atoms with Crippen molar-refractivity contribution in [2.24, 2.45) is 0 Å². The molecule has 11 aromatic carbocycles. The molecule has 0 saturated heterocycles. The molecule has 0 aliphatic carbocycles. The molecule has 1 aromatic heterocycles. The molecule has 0 radical (unpaired) electrons. The quantitative estimate of drug-likeness (QED) is 0.168. The number of fused-ring (bicyclic) bond motifs is 10. The number of hydrogen-bond donors (Lipinski definition) is 0. The third-order valence-corrected chi connectivity index (χ3v) is 11.8. The van der Waals surface area contributed by atoms with Crippen LogP contribution >= 0.6 is 0 Å². The minimum Gasteiger partial charge on any atom is -0.456 e. The Bertz CT molecular complexity index is 3490. The Hall–Kier alpha value is -7.22. The van der Waals surface area contributed by atoms with Gasteiger partial charge in [0.05, 0.1) is 0 Å². The van der Waals surface area contributed by atoms with E-state index in [4.69, 9.17) is 4.42 Å². The molecule has 1 heterocycles. The van der Waals surface area contributed by atoms with Crippen LogP contribution in [0, 0.1) is 0 Å². The summed E-state index contributed by atoms with van der Waals surface area (Å²) in [5, 5.41) is 17.1. The second-order valence-corrected chi connectivity index (χ2v) is 14.7. The molecule has 0 bridgehead atoms. The highest BCUT2D eigenvalue weighted by Crippen LogP contribution is 2.48. The van der Waals surface area contributed by atoms with Gasteiger partial charge in [0.1, 0.15) is 11.2 Å². The van der Waals surface area contributed by atoms with E-state index >= 15 is 0 Å². The van der Waals surface area contributed by atoms with Gasteiger partial charge in [0.15, 0.2) is 0 Å². The zero-order chi connectivity index (χ0) is 36.0. The summed E-state index contributed by atoms with van der Waals surface area (Å²) in [5.41, 5.74) is 9.22. The minimum atomic E-state index is 0.911. The van der Waals surface area contributed by atoms with Crippen molar-refractivity contribution in [3.63, 3.8) is 0 Å². The van der Waals surface area contributed by atoms with Gasteiger partial charge < -0.3 is 4.42 Å². The summed E-state index contributed by atoms with van der Waals surface area (Å²) in [5.74, 6) is 0. The summed E-state index contributed by atoms with van der Waals surface area (Å²) >= 11 is 0. The number of benzene rings is 11. The zero-order valence-electron chi connectivity index (χ0n) is 29.9. The van der Waals surface area contributed by atoms with E-state index in [1.165, 1.54) is 103 Å². The van der Waals surface area contributed by atoms with Gasteiger partial charge in [-0.1, -0.05) is 170 Å². The van der Waals surface area contributed by atoms with Crippen molar-refractivity contribution in [1.29, 1.82) is 0 Å². The maximum Gasteiger partial charge on any atom is 0.136 e. The Balaban J connectivity index is 1.13. The molecule has 0 aliphatic rings. The van der Waals surface area contributed by atoms with Gasteiger partial charge in [-0.05, 0) is 122 Å². The standard InChI is InChI=1S/C54H32O/c1-2-14-34-29-37(26-25-33(34)13-1)52-43-21-9-11-23-45(43)53(46-24-12-10-22-44(46)52)47-28-27-41(38-17-5-6-18-39(38)47)48-32-51-54(42-20-8-7-19-40(42)48)49-30-35-15-3-4-16-36(35)31-50(49)55-51/h1-32H. The largest absolute Gasteiger partial charge is 0.456 e. The summed E-state index contributed by atoms with van der Waals surface area (Å²) in [6.45, 7) is 0. The van der Waals surface area contributed by atoms with Crippen molar-refractivity contribution >= 4 is 86.6 Å². The Morgan fingerprint density at radius 2 is 0.727 bits per heavy atom. The molecule has 55 heavy (non-hydrogen) atoms. The van der Waals surface area contributed by atoms with Gasteiger partial charge in [-0.15, -0.1) is 0 Å². The summed E-state index contributed by atoms with van der Waals surface area (Å²) in [7, 11) is 0. The maximum atomic E-state index is 6.70. The Labute approximate surface area is 317 Å². The van der Waals surface area contributed by atoms with E-state index in [1.807, 2.05) is 0 Å². The van der Waals surface area contributed by atoms with E-state index in [0.29, 0.717) is 0 Å². The number of rotatable bonds is 3. The van der Waals surface area contributed by atoms with Crippen LogP contribution in [-0.2, 0) is 0 Å². The predicted molar refractivity (Wildman–Crippen MR) is 235 cm³/mol. The van der Waals surface area contributed by atoms with Gasteiger partial charge in [-0.25, -0.2) is 0 Å². The van der Waals surface area contributed by atoms with Gasteiger partial charge in [0.25, 0.3) is 0 Å². The molecule has 254 valence electrons. The molecule has 12 aromatic rings. The molecule has 0 unspecified atom stereocenters. The summed E-state index contributed by atoms with van der Waals surface area (Å²) < 4.78 is 6.70. The van der Waals surface area contributed by atoms with E-state index in [0.717, 1.165) is 16.6 Å². The van der Waals surface area contributed by atoms with Crippen molar-refractivity contribution in [3.8, 4) is 33.4 Å². The van der Waals surface area contributed by atoms with Crippen LogP contribution < -0.4 is 0 Å². The second kappa shape index (κ2) is 11.6. The lowest BCUT2D eigenvalue weighted by Crippen LogP contribution is -1.93. The lowest BCUT2D eigenvalue weighted by Gasteiger charge is -2.20. The lowest BCUT2D eigenvalue weighted by atomic mass is 9.83. The van der Waals surface area contributed by atoms with Crippen molar-refractivity contribution in [2.45, 2.75) is 0 Å². The first kappa shape index (κ1) is 30.3. The summed E-state index contributed by atoms with van der Waals surface area (Å²) in [6, 6.07) is 71.1. The zero-order valence-corrected chi connectivity index (χ0v) is 29.9. The Morgan fingerprint density at radius 3 is 1.38 bits per heavy atom. The van der Waals surface area contributed by atoms with Crippen LogP contribution in [0.2, 0.25) is 0 Å². The first-order valence-corrected chi connectivity index (χ1v) is 19.0. The monoisotopic (exact) mass is 696 g/mol. The molecule has 0 saturated carbocycles. The van der Waals surface area contributed by atoms with E-state index in [9.17, 15) is 0 Å². The number of furan rings is 1. The highest BCUT2D eigenvalue weighted by atomic mass is 16.3. The molecule has 0 aliphatic heterocycles.